The number of aryl methyl sites for hydroxylation is 2. The van der Waals surface area contributed by atoms with E-state index in [-0.39, 0.29) is 23.9 Å². The van der Waals surface area contributed by atoms with Crippen LogP contribution in [0.1, 0.15) is 62.3 Å². The number of hydrogen-bond acceptors (Lipinski definition) is 6. The quantitative estimate of drug-likeness (QED) is 0.583. The van der Waals surface area contributed by atoms with Crippen LogP contribution in [-0.2, 0) is 9.63 Å². The molecule has 0 saturated heterocycles. The molecule has 26 heavy (non-hydrogen) atoms. The first-order valence-electron chi connectivity index (χ1n) is 9.09. The van der Waals surface area contributed by atoms with Crippen molar-refractivity contribution in [3.8, 4) is 5.88 Å². The number of ketones is 1. The van der Waals surface area contributed by atoms with Gasteiger partial charge in [0.05, 0.1) is 18.4 Å². The number of aliphatic hydroxyl groups excluding tert-OH is 1. The van der Waals surface area contributed by atoms with Gasteiger partial charge < -0.3 is 14.7 Å². The highest BCUT2D eigenvalue weighted by molar-refractivity contribution is 6.23. The zero-order chi connectivity index (χ0) is 19.3. The lowest BCUT2D eigenvalue weighted by molar-refractivity contribution is -0.116. The van der Waals surface area contributed by atoms with Gasteiger partial charge in [-0.2, -0.15) is 0 Å². The topological polar surface area (TPSA) is 81.0 Å². The summed E-state index contributed by atoms with van der Waals surface area (Å²) in [6, 6.07) is 1.97. The Kier molecular flexibility index (Phi) is 6.77. The summed E-state index contributed by atoms with van der Waals surface area (Å²) in [5.74, 6) is 0.311. The third-order valence-corrected chi connectivity index (χ3v) is 4.48. The number of aromatic nitrogens is 1. The van der Waals surface area contributed by atoms with Gasteiger partial charge >= 0.3 is 0 Å². The maximum absolute atomic E-state index is 12.8. The minimum Gasteiger partial charge on any atom is -0.511 e. The minimum absolute atomic E-state index is 0.0696. The Balaban J connectivity index is 2.41. The highest BCUT2D eigenvalue weighted by Gasteiger charge is 2.34. The highest BCUT2D eigenvalue weighted by atomic mass is 16.6. The number of methoxy groups -OCH3 is 1. The van der Waals surface area contributed by atoms with Gasteiger partial charge in [0.25, 0.3) is 0 Å². The number of pyridine rings is 1. The van der Waals surface area contributed by atoms with Gasteiger partial charge in [-0.05, 0) is 38.8 Å². The molecule has 0 amide bonds. The number of rotatable bonds is 7. The monoisotopic (exact) mass is 360 g/mol. The molecule has 1 aliphatic carbocycles. The summed E-state index contributed by atoms with van der Waals surface area (Å²) in [4.78, 5) is 22.4. The van der Waals surface area contributed by atoms with Crippen molar-refractivity contribution in [1.29, 1.82) is 0 Å². The van der Waals surface area contributed by atoms with Gasteiger partial charge in [0, 0.05) is 30.0 Å². The van der Waals surface area contributed by atoms with E-state index < -0.39 is 0 Å². The predicted molar refractivity (Wildman–Crippen MR) is 101 cm³/mol. The van der Waals surface area contributed by atoms with Crippen molar-refractivity contribution in [1.82, 2.24) is 4.98 Å². The van der Waals surface area contributed by atoms with Crippen LogP contribution in [0.25, 0.3) is 0 Å². The summed E-state index contributed by atoms with van der Waals surface area (Å²) < 4.78 is 5.43. The molecule has 1 unspecified atom stereocenters. The average molecular weight is 360 g/mol. The Morgan fingerprint density at radius 3 is 2.65 bits per heavy atom. The van der Waals surface area contributed by atoms with Crippen molar-refractivity contribution in [3.05, 3.63) is 34.2 Å². The fourth-order valence-corrected chi connectivity index (χ4v) is 3.49. The summed E-state index contributed by atoms with van der Waals surface area (Å²) in [5.41, 5.74) is 3.60. The Morgan fingerprint density at radius 2 is 2.08 bits per heavy atom. The van der Waals surface area contributed by atoms with Crippen molar-refractivity contribution in [2.24, 2.45) is 5.16 Å². The third kappa shape index (κ3) is 4.23. The van der Waals surface area contributed by atoms with Crippen LogP contribution < -0.4 is 4.74 Å². The summed E-state index contributed by atoms with van der Waals surface area (Å²) in [7, 11) is 1.57. The van der Waals surface area contributed by atoms with Crippen LogP contribution in [0.4, 0.5) is 0 Å². The molecular formula is C20H28N2O4. The molecule has 6 heteroatoms. The van der Waals surface area contributed by atoms with Crippen molar-refractivity contribution >= 4 is 11.5 Å². The van der Waals surface area contributed by atoms with Crippen LogP contribution >= 0.6 is 0 Å². The first-order valence-corrected chi connectivity index (χ1v) is 9.09. The zero-order valence-electron chi connectivity index (χ0n) is 16.3. The van der Waals surface area contributed by atoms with Crippen LogP contribution in [-0.4, -0.2) is 35.3 Å². The van der Waals surface area contributed by atoms with Crippen molar-refractivity contribution in [2.75, 3.05) is 13.7 Å². The number of aliphatic hydroxyl groups is 1. The number of allylic oxidation sites excluding steroid dienone is 2. The first-order chi connectivity index (χ1) is 12.4. The summed E-state index contributed by atoms with van der Waals surface area (Å²) in [6.07, 6.45) is 2.05. The second-order valence-corrected chi connectivity index (χ2v) is 6.56. The molecule has 0 aliphatic heterocycles. The van der Waals surface area contributed by atoms with Gasteiger partial charge in [0.2, 0.25) is 5.88 Å². The van der Waals surface area contributed by atoms with Gasteiger partial charge in [-0.1, -0.05) is 18.5 Å². The normalized spacial score (nSPS) is 18.3. The fraction of sp³-hybridized carbons (Fsp3) is 0.550. The third-order valence-electron chi connectivity index (χ3n) is 4.48. The largest absolute Gasteiger partial charge is 0.511 e. The molecule has 1 atom stereocenters. The molecule has 1 heterocycles. The zero-order valence-corrected chi connectivity index (χ0v) is 16.3. The van der Waals surface area contributed by atoms with E-state index in [1.807, 2.05) is 33.8 Å². The van der Waals surface area contributed by atoms with Gasteiger partial charge in [0.15, 0.2) is 5.78 Å². The number of carbonyl (C=O) groups is 1. The van der Waals surface area contributed by atoms with Crippen molar-refractivity contribution in [2.45, 2.75) is 59.3 Å². The molecule has 0 spiro atoms. The lowest BCUT2D eigenvalue weighted by Crippen LogP contribution is -2.25. The van der Waals surface area contributed by atoms with Gasteiger partial charge in [-0.25, -0.2) is 4.98 Å². The first kappa shape index (κ1) is 19.9. The SMILES string of the molecule is CCCC(=NOCC)C1=C(O)CC(c2c(C)cc(C)nc2OC)CC1=O. The number of hydrogen-bond donors (Lipinski definition) is 1. The van der Waals surface area contributed by atoms with Crippen LogP contribution in [0.5, 0.6) is 5.88 Å². The van der Waals surface area contributed by atoms with Gasteiger partial charge in [-0.15, -0.1) is 0 Å². The molecule has 1 aromatic rings. The second-order valence-electron chi connectivity index (χ2n) is 6.56. The molecule has 142 valence electrons. The molecule has 0 radical (unpaired) electrons. The number of nitrogens with zero attached hydrogens (tertiary/aromatic N) is 2. The van der Waals surface area contributed by atoms with E-state index in [4.69, 9.17) is 9.57 Å². The lowest BCUT2D eigenvalue weighted by atomic mass is 9.79. The Hall–Kier alpha value is -2.37. The smallest absolute Gasteiger partial charge is 0.217 e. The summed E-state index contributed by atoms with van der Waals surface area (Å²) >= 11 is 0. The van der Waals surface area contributed by atoms with Crippen LogP contribution in [0, 0.1) is 13.8 Å². The molecule has 0 bridgehead atoms. The molecule has 0 fully saturated rings. The van der Waals surface area contributed by atoms with Gasteiger partial charge in [0.1, 0.15) is 12.4 Å². The van der Waals surface area contributed by atoms with E-state index in [9.17, 15) is 9.90 Å². The van der Waals surface area contributed by atoms with Crippen LogP contribution in [0.15, 0.2) is 22.6 Å². The molecular weight excluding hydrogens is 332 g/mol. The predicted octanol–water partition coefficient (Wildman–Crippen LogP) is 4.16. The van der Waals surface area contributed by atoms with E-state index in [2.05, 4.69) is 10.1 Å². The highest BCUT2D eigenvalue weighted by Crippen LogP contribution is 2.39. The van der Waals surface area contributed by atoms with Crippen molar-refractivity contribution < 1.29 is 19.5 Å². The van der Waals surface area contributed by atoms with E-state index in [1.54, 1.807) is 7.11 Å². The van der Waals surface area contributed by atoms with Crippen LogP contribution in [0.2, 0.25) is 0 Å². The van der Waals surface area contributed by atoms with E-state index >= 15 is 0 Å². The Labute approximate surface area is 154 Å². The standard InChI is InChI=1S/C20H28N2O4/c1-6-8-15(22-26-7-2)19-16(23)10-14(11-17(19)24)18-12(3)9-13(4)21-20(18)25-5/h9,14,23H,6-8,10-11H2,1-5H3. The number of ether oxygens (including phenoxy) is 1. The molecule has 2 rings (SSSR count). The molecule has 6 nitrogen and oxygen atoms in total. The lowest BCUT2D eigenvalue weighted by Gasteiger charge is -2.26. The van der Waals surface area contributed by atoms with E-state index in [0.29, 0.717) is 36.6 Å². The van der Waals surface area contributed by atoms with Crippen molar-refractivity contribution in [3.63, 3.8) is 0 Å². The molecule has 1 aliphatic rings. The minimum atomic E-state index is -0.163. The molecule has 1 aromatic heterocycles. The maximum atomic E-state index is 12.8. The molecule has 1 N–H and O–H groups in total. The molecule has 0 aromatic carbocycles. The number of carbonyl (C=O) groups excluding carboxylic acids is 1. The van der Waals surface area contributed by atoms with E-state index in [0.717, 1.165) is 23.2 Å². The number of Topliss-reactive ketones (excluding diaryl/α,β-unsaturated/α-hetero) is 1. The average Bonchev–Trinajstić information content (AvgIpc) is 2.58. The Bertz CT molecular complexity index is 738. The fourth-order valence-electron chi connectivity index (χ4n) is 3.49. The maximum Gasteiger partial charge on any atom is 0.217 e. The van der Waals surface area contributed by atoms with Crippen LogP contribution in [0.3, 0.4) is 0 Å². The number of oxime groups is 1. The van der Waals surface area contributed by atoms with Gasteiger partial charge in [-0.3, -0.25) is 4.79 Å². The second kappa shape index (κ2) is 8.83. The summed E-state index contributed by atoms with van der Waals surface area (Å²) in [5, 5.41) is 14.7. The summed E-state index contributed by atoms with van der Waals surface area (Å²) in [6.45, 7) is 8.14. The van der Waals surface area contributed by atoms with E-state index in [1.165, 1.54) is 0 Å². The Morgan fingerprint density at radius 1 is 1.35 bits per heavy atom. The molecule has 0 saturated carbocycles.